The van der Waals surface area contributed by atoms with E-state index >= 15 is 0 Å². The van der Waals surface area contributed by atoms with Crippen LogP contribution in [0, 0.1) is 11.8 Å². The molecule has 0 saturated heterocycles. The Morgan fingerprint density at radius 1 is 0.943 bits per heavy atom. The van der Waals surface area contributed by atoms with Crippen molar-refractivity contribution in [2.45, 2.75) is 57.4 Å². The van der Waals surface area contributed by atoms with Gasteiger partial charge in [-0.25, -0.2) is 9.80 Å². The van der Waals surface area contributed by atoms with Crippen LogP contribution in [0.15, 0.2) is 59.7 Å². The maximum Gasteiger partial charge on any atom is 0.335 e. The van der Waals surface area contributed by atoms with Gasteiger partial charge in [-0.3, -0.25) is 4.79 Å². The number of methoxy groups -OCH3 is 1. The molecule has 0 radical (unpaired) electrons. The van der Waals surface area contributed by atoms with Gasteiger partial charge in [-0.05, 0) is 67.1 Å². The number of ether oxygens (including phenoxy) is 1. The predicted octanol–water partition coefficient (Wildman–Crippen LogP) is 5.91. The van der Waals surface area contributed by atoms with Crippen molar-refractivity contribution in [3.63, 3.8) is 0 Å². The number of rotatable bonds is 5. The van der Waals surface area contributed by atoms with Crippen molar-refractivity contribution in [2.24, 2.45) is 16.9 Å². The Balaban J connectivity index is 1.57. The first-order chi connectivity index (χ1) is 17.1. The van der Waals surface area contributed by atoms with Gasteiger partial charge in [0, 0.05) is 11.5 Å². The molecule has 2 atom stereocenters. The molecule has 0 bridgehead atoms. The van der Waals surface area contributed by atoms with E-state index in [2.05, 4.69) is 18.2 Å². The molecule has 2 aromatic carbocycles. The summed E-state index contributed by atoms with van der Waals surface area (Å²) in [6.45, 7) is 0. The number of allylic oxidation sites excluding steroid dienone is 2. The zero-order valence-electron chi connectivity index (χ0n) is 20.2. The zero-order valence-corrected chi connectivity index (χ0v) is 20.2. The molecule has 0 aromatic heterocycles. The highest BCUT2D eigenvalue weighted by Crippen LogP contribution is 2.39. The van der Waals surface area contributed by atoms with Crippen LogP contribution in [0.2, 0.25) is 0 Å². The molecule has 0 unspecified atom stereocenters. The number of hydrazone groups is 1. The summed E-state index contributed by atoms with van der Waals surface area (Å²) >= 11 is 0. The highest BCUT2D eigenvalue weighted by atomic mass is 16.5. The van der Waals surface area contributed by atoms with Crippen LogP contribution in [0.25, 0.3) is 11.1 Å². The second kappa shape index (κ2) is 10.1. The first kappa shape index (κ1) is 23.3. The number of carbonyl (C=O) groups excluding carboxylic acids is 1. The number of carbonyl (C=O) groups is 2. The van der Waals surface area contributed by atoms with E-state index < -0.39 is 5.97 Å². The van der Waals surface area contributed by atoms with Crippen LogP contribution in [0.3, 0.4) is 0 Å². The predicted molar refractivity (Wildman–Crippen MR) is 136 cm³/mol. The Hall–Kier alpha value is -3.41. The molecular formula is C29H32N2O4. The second-order valence-electron chi connectivity index (χ2n) is 9.77. The summed E-state index contributed by atoms with van der Waals surface area (Å²) in [5, 5.41) is 16.1. The van der Waals surface area contributed by atoms with E-state index in [9.17, 15) is 14.7 Å². The largest absolute Gasteiger partial charge is 0.496 e. The molecule has 1 N–H and O–H groups in total. The lowest BCUT2D eigenvalue weighted by molar-refractivity contribution is -0.140. The Labute approximate surface area is 206 Å². The Morgan fingerprint density at radius 2 is 1.60 bits per heavy atom. The number of carboxylic acid groups (broad SMARTS) is 1. The third kappa shape index (κ3) is 4.62. The first-order valence-electron chi connectivity index (χ1n) is 12.7. The Kier molecular flexibility index (Phi) is 6.71. The molecule has 1 amide bonds. The summed E-state index contributed by atoms with van der Waals surface area (Å²) in [4.78, 5) is 24.8. The molecule has 1 fully saturated rings. The molecule has 182 valence electrons. The fourth-order valence-electron chi connectivity index (χ4n) is 5.72. The summed E-state index contributed by atoms with van der Waals surface area (Å²) in [5.74, 6) is -0.0761. The van der Waals surface area contributed by atoms with E-state index in [0.717, 1.165) is 60.9 Å². The van der Waals surface area contributed by atoms with Crippen LogP contribution >= 0.6 is 0 Å². The third-order valence-corrected chi connectivity index (χ3v) is 7.65. The minimum Gasteiger partial charge on any atom is -0.496 e. The third-order valence-electron chi connectivity index (χ3n) is 7.65. The van der Waals surface area contributed by atoms with Gasteiger partial charge in [0.1, 0.15) is 5.75 Å². The van der Waals surface area contributed by atoms with Gasteiger partial charge in [0.15, 0.2) is 0 Å². The van der Waals surface area contributed by atoms with Gasteiger partial charge < -0.3 is 9.84 Å². The van der Waals surface area contributed by atoms with Gasteiger partial charge in [0.2, 0.25) is 5.91 Å². The molecule has 6 nitrogen and oxygen atoms in total. The maximum atomic E-state index is 13.5. The van der Waals surface area contributed by atoms with Crippen molar-refractivity contribution >= 4 is 17.6 Å². The summed E-state index contributed by atoms with van der Waals surface area (Å²) in [7, 11) is 1.64. The van der Waals surface area contributed by atoms with Crippen LogP contribution < -0.4 is 4.74 Å². The average Bonchev–Trinajstić information content (AvgIpc) is 3.18. The number of amides is 1. The molecule has 6 heteroatoms. The first-order valence-corrected chi connectivity index (χ1v) is 12.7. The van der Waals surface area contributed by atoms with Crippen molar-refractivity contribution in [3.05, 3.63) is 65.7 Å². The summed E-state index contributed by atoms with van der Waals surface area (Å²) < 4.78 is 5.64. The van der Waals surface area contributed by atoms with Crippen LogP contribution in [0.5, 0.6) is 5.75 Å². The van der Waals surface area contributed by atoms with Gasteiger partial charge in [-0.15, -0.1) is 0 Å². The highest BCUT2D eigenvalue weighted by molar-refractivity contribution is 6.07. The zero-order chi connectivity index (χ0) is 24.4. The molecule has 1 saturated carbocycles. The van der Waals surface area contributed by atoms with E-state index in [4.69, 9.17) is 9.84 Å². The lowest BCUT2D eigenvalue weighted by atomic mass is 9.76. The highest BCUT2D eigenvalue weighted by Gasteiger charge is 2.42. The summed E-state index contributed by atoms with van der Waals surface area (Å²) in [5.41, 5.74) is 3.95. The van der Waals surface area contributed by atoms with Crippen molar-refractivity contribution < 1.29 is 19.4 Å². The van der Waals surface area contributed by atoms with E-state index in [-0.39, 0.29) is 29.3 Å². The van der Waals surface area contributed by atoms with Gasteiger partial charge in [0.05, 0.1) is 30.3 Å². The number of nitrogens with zero attached hydrogens (tertiary/aromatic N) is 2. The van der Waals surface area contributed by atoms with Crippen molar-refractivity contribution in [1.29, 1.82) is 0 Å². The number of hydrogen-bond acceptors (Lipinski definition) is 4. The fraction of sp³-hybridized carbons (Fsp3) is 0.414. The van der Waals surface area contributed by atoms with Gasteiger partial charge in [-0.1, -0.05) is 50.0 Å². The van der Waals surface area contributed by atoms with Gasteiger partial charge >= 0.3 is 5.97 Å². The van der Waals surface area contributed by atoms with Crippen LogP contribution in [-0.4, -0.2) is 40.9 Å². The standard InChI is InChI=1S/C29H32N2O4/c1-35-26-17-16-21(18-25(26)19-12-14-20(15-13-19)29(33)34)27-23-10-6-7-11-24(23)28(32)31(30-27)22-8-4-2-3-5-9-22/h6-7,12-18,22-24H,2-5,8-11H2,1H3,(H,33,34)/t23-,24+/m0/s1. The minimum atomic E-state index is -0.950. The number of benzene rings is 2. The molecule has 1 heterocycles. The summed E-state index contributed by atoms with van der Waals surface area (Å²) in [6, 6.07) is 13.0. The minimum absolute atomic E-state index is 0.0603. The number of hydrogen-bond donors (Lipinski definition) is 1. The normalized spacial score (nSPS) is 22.8. The van der Waals surface area contributed by atoms with Crippen molar-refractivity contribution in [2.75, 3.05) is 7.11 Å². The van der Waals surface area contributed by atoms with Crippen LogP contribution in [-0.2, 0) is 4.79 Å². The number of aromatic carboxylic acids is 1. The fourth-order valence-corrected chi connectivity index (χ4v) is 5.72. The smallest absolute Gasteiger partial charge is 0.335 e. The molecular weight excluding hydrogens is 440 g/mol. The Bertz CT molecular complexity index is 1160. The van der Waals surface area contributed by atoms with E-state index in [1.807, 2.05) is 17.1 Å². The maximum absolute atomic E-state index is 13.5. The van der Waals surface area contributed by atoms with E-state index in [1.165, 1.54) is 12.8 Å². The lowest BCUT2D eigenvalue weighted by Crippen LogP contribution is -2.49. The quantitative estimate of drug-likeness (QED) is 0.433. The van der Waals surface area contributed by atoms with E-state index in [1.54, 1.807) is 31.4 Å². The van der Waals surface area contributed by atoms with Gasteiger partial charge in [-0.2, -0.15) is 5.10 Å². The number of fused-ring (bicyclic) bond motifs is 1. The SMILES string of the molecule is COc1ccc(C2=NN(C3CCCCCC3)C(=O)[C@@H]3CC=CC[C@H]23)cc1-c1ccc(C(=O)O)cc1. The molecule has 35 heavy (non-hydrogen) atoms. The van der Waals surface area contributed by atoms with E-state index in [0.29, 0.717) is 5.75 Å². The Morgan fingerprint density at radius 3 is 2.26 bits per heavy atom. The van der Waals surface area contributed by atoms with Gasteiger partial charge in [0.25, 0.3) is 0 Å². The molecule has 0 spiro atoms. The molecule has 3 aliphatic rings. The van der Waals surface area contributed by atoms with Crippen molar-refractivity contribution in [3.8, 4) is 16.9 Å². The average molecular weight is 473 g/mol. The lowest BCUT2D eigenvalue weighted by Gasteiger charge is -2.40. The molecule has 1 aliphatic heterocycles. The molecule has 2 aliphatic carbocycles. The second-order valence-corrected chi connectivity index (χ2v) is 9.77. The molecule has 2 aromatic rings. The summed E-state index contributed by atoms with van der Waals surface area (Å²) in [6.07, 6.45) is 12.6. The monoisotopic (exact) mass is 472 g/mol. The molecule has 5 rings (SSSR count). The van der Waals surface area contributed by atoms with Crippen molar-refractivity contribution in [1.82, 2.24) is 5.01 Å². The van der Waals surface area contributed by atoms with Crippen LogP contribution in [0.4, 0.5) is 0 Å². The topological polar surface area (TPSA) is 79.2 Å². The van der Waals surface area contributed by atoms with Crippen LogP contribution in [0.1, 0.15) is 67.3 Å². The number of carboxylic acids is 1.